The van der Waals surface area contributed by atoms with Gasteiger partial charge in [0.2, 0.25) is 5.88 Å². The SMILES string of the molecule is Cc1ccc2cc3c(nc2c1)OC(=O)N(CCc1cccc(F)c1)C3. The molecule has 1 aliphatic rings. The number of halogens is 1. The maximum atomic E-state index is 13.3. The van der Waals surface area contributed by atoms with E-state index in [1.54, 1.807) is 11.0 Å². The van der Waals surface area contributed by atoms with Crippen molar-refractivity contribution in [2.45, 2.75) is 19.9 Å². The van der Waals surface area contributed by atoms with Gasteiger partial charge in [-0.2, -0.15) is 0 Å². The molecule has 0 fully saturated rings. The fourth-order valence-corrected chi connectivity index (χ4v) is 3.05. The monoisotopic (exact) mass is 336 g/mol. The second-order valence-electron chi connectivity index (χ2n) is 6.32. The van der Waals surface area contributed by atoms with Crippen LogP contribution in [-0.4, -0.2) is 22.5 Å². The van der Waals surface area contributed by atoms with Gasteiger partial charge in [-0.25, -0.2) is 14.2 Å². The molecule has 1 amide bonds. The standard InChI is InChI=1S/C20H17FN2O2/c1-13-5-6-15-11-16-12-23(8-7-14-3-2-4-17(21)10-14)20(24)25-19(16)22-18(15)9-13/h2-6,9-11H,7-8,12H2,1H3. The topological polar surface area (TPSA) is 42.4 Å². The van der Waals surface area contributed by atoms with Crippen LogP contribution in [0.1, 0.15) is 16.7 Å². The first kappa shape index (κ1) is 15.6. The van der Waals surface area contributed by atoms with Crippen molar-refractivity contribution in [2.24, 2.45) is 0 Å². The van der Waals surface area contributed by atoms with E-state index in [1.165, 1.54) is 12.1 Å². The van der Waals surface area contributed by atoms with Crippen LogP contribution in [0.25, 0.3) is 10.9 Å². The van der Waals surface area contributed by atoms with Crippen LogP contribution in [0.15, 0.2) is 48.5 Å². The van der Waals surface area contributed by atoms with Gasteiger partial charge in [0.15, 0.2) is 0 Å². The molecule has 0 bridgehead atoms. The summed E-state index contributed by atoms with van der Waals surface area (Å²) in [5.74, 6) is 0.111. The predicted octanol–water partition coefficient (Wildman–Crippen LogP) is 4.24. The third-order valence-corrected chi connectivity index (χ3v) is 4.38. The minimum Gasteiger partial charge on any atom is -0.391 e. The summed E-state index contributed by atoms with van der Waals surface area (Å²) in [5, 5.41) is 1.02. The quantitative estimate of drug-likeness (QED) is 0.718. The number of hydrogen-bond acceptors (Lipinski definition) is 3. The lowest BCUT2D eigenvalue weighted by molar-refractivity contribution is 0.137. The number of aryl methyl sites for hydroxylation is 1. The normalized spacial score (nSPS) is 13.7. The number of carbonyl (C=O) groups excluding carboxylic acids is 1. The number of amides is 1. The lowest BCUT2D eigenvalue weighted by Gasteiger charge is -2.27. The van der Waals surface area contributed by atoms with Crippen molar-refractivity contribution in [2.75, 3.05) is 6.54 Å². The van der Waals surface area contributed by atoms with Crippen molar-refractivity contribution in [3.8, 4) is 5.88 Å². The fourth-order valence-electron chi connectivity index (χ4n) is 3.05. The van der Waals surface area contributed by atoms with E-state index in [0.717, 1.165) is 27.6 Å². The Labute approximate surface area is 144 Å². The van der Waals surface area contributed by atoms with Gasteiger partial charge in [-0.1, -0.05) is 24.3 Å². The van der Waals surface area contributed by atoms with Crippen LogP contribution >= 0.6 is 0 Å². The molecule has 0 radical (unpaired) electrons. The average Bonchev–Trinajstić information content (AvgIpc) is 2.58. The van der Waals surface area contributed by atoms with Gasteiger partial charge in [0.25, 0.3) is 0 Å². The highest BCUT2D eigenvalue weighted by Gasteiger charge is 2.26. The van der Waals surface area contributed by atoms with Gasteiger partial charge >= 0.3 is 6.09 Å². The van der Waals surface area contributed by atoms with E-state index in [2.05, 4.69) is 4.98 Å². The molecule has 0 aliphatic carbocycles. The Balaban J connectivity index is 1.55. The number of hydrogen-bond donors (Lipinski definition) is 0. The molecule has 2 heterocycles. The Morgan fingerprint density at radius 1 is 1.20 bits per heavy atom. The van der Waals surface area contributed by atoms with Gasteiger partial charge < -0.3 is 9.64 Å². The molecule has 1 aliphatic heterocycles. The number of rotatable bonds is 3. The van der Waals surface area contributed by atoms with Crippen molar-refractivity contribution >= 4 is 17.0 Å². The highest BCUT2D eigenvalue weighted by Crippen LogP contribution is 2.28. The molecule has 2 aromatic carbocycles. The number of benzene rings is 2. The number of fused-ring (bicyclic) bond motifs is 2. The lowest BCUT2D eigenvalue weighted by atomic mass is 10.1. The highest BCUT2D eigenvalue weighted by atomic mass is 19.1. The van der Waals surface area contributed by atoms with E-state index in [1.807, 2.05) is 37.3 Å². The van der Waals surface area contributed by atoms with E-state index >= 15 is 0 Å². The summed E-state index contributed by atoms with van der Waals surface area (Å²) in [5.41, 5.74) is 3.67. The Kier molecular flexibility index (Phi) is 3.84. The molecule has 4 rings (SSSR count). The minimum absolute atomic E-state index is 0.268. The second kappa shape index (κ2) is 6.16. The van der Waals surface area contributed by atoms with Crippen molar-refractivity contribution in [1.29, 1.82) is 0 Å². The third kappa shape index (κ3) is 3.18. The first-order valence-electron chi connectivity index (χ1n) is 8.20. The number of nitrogens with zero attached hydrogens (tertiary/aromatic N) is 2. The van der Waals surface area contributed by atoms with Crippen LogP contribution in [0.5, 0.6) is 5.88 Å². The summed E-state index contributed by atoms with van der Waals surface area (Å²) in [4.78, 5) is 18.3. The molecule has 5 heteroatoms. The lowest BCUT2D eigenvalue weighted by Crippen LogP contribution is -2.38. The summed E-state index contributed by atoms with van der Waals surface area (Å²) >= 11 is 0. The molecular formula is C20H17FN2O2. The Bertz CT molecular complexity index is 971. The van der Waals surface area contributed by atoms with Gasteiger partial charge in [-0.05, 0) is 48.7 Å². The number of aromatic nitrogens is 1. The number of carbonyl (C=O) groups is 1. The van der Waals surface area contributed by atoms with Gasteiger partial charge in [0, 0.05) is 17.5 Å². The van der Waals surface area contributed by atoms with Gasteiger partial charge in [-0.15, -0.1) is 0 Å². The predicted molar refractivity (Wildman–Crippen MR) is 93.0 cm³/mol. The molecule has 4 nitrogen and oxygen atoms in total. The molecule has 0 N–H and O–H groups in total. The van der Waals surface area contributed by atoms with Gasteiger partial charge in [0.1, 0.15) is 5.82 Å². The van der Waals surface area contributed by atoms with Crippen LogP contribution in [0.2, 0.25) is 0 Å². The zero-order chi connectivity index (χ0) is 17.4. The van der Waals surface area contributed by atoms with Crippen molar-refractivity contribution in [3.05, 3.63) is 71.0 Å². The third-order valence-electron chi connectivity index (χ3n) is 4.38. The van der Waals surface area contributed by atoms with Crippen molar-refractivity contribution in [3.63, 3.8) is 0 Å². The molecule has 0 unspecified atom stereocenters. The Morgan fingerprint density at radius 3 is 2.92 bits per heavy atom. The second-order valence-corrected chi connectivity index (χ2v) is 6.32. The van der Waals surface area contributed by atoms with Crippen LogP contribution in [0.4, 0.5) is 9.18 Å². The summed E-state index contributed by atoms with van der Waals surface area (Å²) in [6, 6.07) is 14.5. The minimum atomic E-state index is -0.414. The Hall–Kier alpha value is -2.95. The zero-order valence-electron chi connectivity index (χ0n) is 13.8. The van der Waals surface area contributed by atoms with Crippen molar-refractivity contribution in [1.82, 2.24) is 9.88 Å². The highest BCUT2D eigenvalue weighted by molar-refractivity contribution is 5.82. The van der Waals surface area contributed by atoms with E-state index < -0.39 is 6.09 Å². The molecule has 0 saturated heterocycles. The molecule has 126 valence electrons. The van der Waals surface area contributed by atoms with Gasteiger partial charge in [0.05, 0.1) is 12.1 Å². The van der Waals surface area contributed by atoms with Gasteiger partial charge in [-0.3, -0.25) is 0 Å². The van der Waals surface area contributed by atoms with Crippen molar-refractivity contribution < 1.29 is 13.9 Å². The summed E-state index contributed by atoms with van der Waals surface area (Å²) < 4.78 is 18.7. The molecule has 3 aromatic rings. The molecule has 25 heavy (non-hydrogen) atoms. The average molecular weight is 336 g/mol. The largest absolute Gasteiger partial charge is 0.416 e. The first-order valence-corrected chi connectivity index (χ1v) is 8.20. The molecule has 0 spiro atoms. The summed E-state index contributed by atoms with van der Waals surface area (Å²) in [6.07, 6.45) is 0.158. The smallest absolute Gasteiger partial charge is 0.391 e. The number of pyridine rings is 1. The molecule has 0 saturated carbocycles. The zero-order valence-corrected chi connectivity index (χ0v) is 13.8. The van der Waals surface area contributed by atoms with Crippen LogP contribution in [0.3, 0.4) is 0 Å². The maximum absolute atomic E-state index is 13.3. The first-order chi connectivity index (χ1) is 12.1. The van der Waals surface area contributed by atoms with E-state index in [-0.39, 0.29) is 5.82 Å². The van der Waals surface area contributed by atoms with E-state index in [9.17, 15) is 9.18 Å². The fraction of sp³-hybridized carbons (Fsp3) is 0.200. The molecule has 0 atom stereocenters. The van der Waals surface area contributed by atoms with Crippen LogP contribution < -0.4 is 4.74 Å². The van der Waals surface area contributed by atoms with Crippen LogP contribution in [-0.2, 0) is 13.0 Å². The number of ether oxygens (including phenoxy) is 1. The van der Waals surface area contributed by atoms with E-state index in [0.29, 0.717) is 25.4 Å². The Morgan fingerprint density at radius 2 is 2.08 bits per heavy atom. The summed E-state index contributed by atoms with van der Waals surface area (Å²) in [6.45, 7) is 2.91. The molecule has 1 aromatic heterocycles. The van der Waals surface area contributed by atoms with E-state index in [4.69, 9.17) is 4.74 Å². The maximum Gasteiger partial charge on any atom is 0.416 e. The summed E-state index contributed by atoms with van der Waals surface area (Å²) in [7, 11) is 0. The molecular weight excluding hydrogens is 319 g/mol. The van der Waals surface area contributed by atoms with Crippen LogP contribution in [0, 0.1) is 12.7 Å².